The van der Waals surface area contributed by atoms with E-state index in [-0.39, 0.29) is 17.4 Å². The lowest BCUT2D eigenvalue weighted by molar-refractivity contribution is -0.123. The largest absolute Gasteiger partial charge is 0.484 e. The highest BCUT2D eigenvalue weighted by Crippen LogP contribution is 2.24. The third kappa shape index (κ3) is 5.95. The molecule has 1 aromatic heterocycles. The van der Waals surface area contributed by atoms with Gasteiger partial charge in [0.15, 0.2) is 6.61 Å². The van der Waals surface area contributed by atoms with Gasteiger partial charge in [0.1, 0.15) is 5.75 Å². The highest BCUT2D eigenvalue weighted by Gasteiger charge is 2.16. The van der Waals surface area contributed by atoms with E-state index in [1.807, 2.05) is 6.07 Å². The first-order chi connectivity index (χ1) is 14.3. The molecule has 0 bridgehead atoms. The standard InChI is InChI=1S/C21H20ClN3O4S/c1-15-11-19(30(27,28)25-18-6-4-17(22)5-7-18)8-9-20(15)29-14-21(26)24-13-16-3-2-10-23-12-16/h2-12,25H,13-14H2,1H3,(H,24,26). The topological polar surface area (TPSA) is 97.4 Å². The molecule has 0 radical (unpaired) electrons. The van der Waals surface area contributed by atoms with Gasteiger partial charge >= 0.3 is 0 Å². The molecule has 1 amide bonds. The van der Waals surface area contributed by atoms with Crippen LogP contribution in [-0.4, -0.2) is 25.9 Å². The van der Waals surface area contributed by atoms with Crippen molar-refractivity contribution >= 4 is 33.2 Å². The van der Waals surface area contributed by atoms with Crippen LogP contribution in [0.2, 0.25) is 5.02 Å². The van der Waals surface area contributed by atoms with Crippen molar-refractivity contribution < 1.29 is 17.9 Å². The van der Waals surface area contributed by atoms with Gasteiger partial charge in [0, 0.05) is 29.6 Å². The molecule has 0 atom stereocenters. The number of benzene rings is 2. The van der Waals surface area contributed by atoms with Crippen LogP contribution in [0.25, 0.3) is 0 Å². The number of carbonyl (C=O) groups excluding carboxylic acids is 1. The number of nitrogens with one attached hydrogen (secondary N) is 2. The second kappa shape index (κ2) is 9.60. The zero-order valence-electron chi connectivity index (χ0n) is 16.1. The van der Waals surface area contributed by atoms with Crippen molar-refractivity contribution in [2.45, 2.75) is 18.4 Å². The molecule has 0 aliphatic carbocycles. The molecule has 3 rings (SSSR count). The van der Waals surface area contributed by atoms with E-state index in [0.717, 1.165) is 5.56 Å². The highest BCUT2D eigenvalue weighted by atomic mass is 35.5. The van der Waals surface area contributed by atoms with Crippen molar-refractivity contribution in [2.75, 3.05) is 11.3 Å². The van der Waals surface area contributed by atoms with Crippen molar-refractivity contribution in [1.82, 2.24) is 10.3 Å². The Labute approximate surface area is 180 Å². The number of anilines is 1. The van der Waals surface area contributed by atoms with Crippen LogP contribution in [0.4, 0.5) is 5.69 Å². The fraction of sp³-hybridized carbons (Fsp3) is 0.143. The fourth-order valence-corrected chi connectivity index (χ4v) is 3.85. The smallest absolute Gasteiger partial charge is 0.261 e. The summed E-state index contributed by atoms with van der Waals surface area (Å²) in [5, 5.41) is 3.25. The first-order valence-electron chi connectivity index (χ1n) is 9.01. The minimum atomic E-state index is -3.77. The predicted molar refractivity (Wildman–Crippen MR) is 115 cm³/mol. The summed E-state index contributed by atoms with van der Waals surface area (Å²) in [6.07, 6.45) is 3.33. The van der Waals surface area contributed by atoms with Gasteiger partial charge in [0.25, 0.3) is 15.9 Å². The van der Waals surface area contributed by atoms with E-state index < -0.39 is 10.0 Å². The Morgan fingerprint density at radius 3 is 2.57 bits per heavy atom. The van der Waals surface area contributed by atoms with Gasteiger partial charge in [-0.3, -0.25) is 14.5 Å². The third-order valence-corrected chi connectivity index (χ3v) is 5.76. The molecule has 3 aromatic rings. The normalized spacial score (nSPS) is 11.0. The van der Waals surface area contributed by atoms with Crippen molar-refractivity contribution in [3.05, 3.63) is 83.1 Å². The molecule has 0 fully saturated rings. The van der Waals surface area contributed by atoms with Crippen molar-refractivity contribution in [1.29, 1.82) is 0 Å². The number of hydrogen-bond acceptors (Lipinski definition) is 5. The SMILES string of the molecule is Cc1cc(S(=O)(=O)Nc2ccc(Cl)cc2)ccc1OCC(=O)NCc1cccnc1. The van der Waals surface area contributed by atoms with Gasteiger partial charge in [-0.05, 0) is 66.6 Å². The van der Waals surface area contributed by atoms with Crippen molar-refractivity contribution in [2.24, 2.45) is 0 Å². The third-order valence-electron chi connectivity index (χ3n) is 4.12. The highest BCUT2D eigenvalue weighted by molar-refractivity contribution is 7.92. The number of rotatable bonds is 8. The zero-order valence-corrected chi connectivity index (χ0v) is 17.7. The molecule has 0 aliphatic heterocycles. The number of ether oxygens (including phenoxy) is 1. The molecule has 9 heteroatoms. The van der Waals surface area contributed by atoms with E-state index in [4.69, 9.17) is 16.3 Å². The molecule has 2 N–H and O–H groups in total. The average molecular weight is 446 g/mol. The maximum Gasteiger partial charge on any atom is 0.261 e. The minimum absolute atomic E-state index is 0.0864. The molecule has 0 saturated heterocycles. The maximum atomic E-state index is 12.6. The van der Waals surface area contributed by atoms with Crippen molar-refractivity contribution in [3.63, 3.8) is 0 Å². The van der Waals surface area contributed by atoms with E-state index in [0.29, 0.717) is 28.6 Å². The number of sulfonamides is 1. The number of aryl methyl sites for hydroxylation is 1. The van der Waals surface area contributed by atoms with Crippen LogP contribution in [0, 0.1) is 6.92 Å². The number of hydrogen-bond donors (Lipinski definition) is 2. The van der Waals surface area contributed by atoms with E-state index in [1.165, 1.54) is 18.2 Å². The second-order valence-corrected chi connectivity index (χ2v) is 8.59. The second-order valence-electron chi connectivity index (χ2n) is 6.47. The van der Waals surface area contributed by atoms with E-state index >= 15 is 0 Å². The average Bonchev–Trinajstić information content (AvgIpc) is 2.73. The quantitative estimate of drug-likeness (QED) is 0.552. The molecule has 156 valence electrons. The van der Waals surface area contributed by atoms with Gasteiger partial charge in [-0.25, -0.2) is 8.42 Å². The summed E-state index contributed by atoms with van der Waals surface area (Å²) in [6, 6.07) is 14.4. The Bertz CT molecular complexity index is 1120. The summed E-state index contributed by atoms with van der Waals surface area (Å²) in [6.45, 7) is 1.88. The van der Waals surface area contributed by atoms with E-state index in [9.17, 15) is 13.2 Å². The van der Waals surface area contributed by atoms with Crippen LogP contribution in [0.1, 0.15) is 11.1 Å². The van der Waals surface area contributed by atoms with Crippen molar-refractivity contribution in [3.8, 4) is 5.75 Å². The maximum absolute atomic E-state index is 12.6. The molecule has 1 heterocycles. The first kappa shape index (κ1) is 21.6. The number of nitrogens with zero attached hydrogens (tertiary/aromatic N) is 1. The number of amides is 1. The molecule has 0 spiro atoms. The van der Waals surface area contributed by atoms with Gasteiger partial charge in [-0.1, -0.05) is 17.7 Å². The fourth-order valence-electron chi connectivity index (χ4n) is 2.58. The Kier molecular flexibility index (Phi) is 6.91. The molecule has 0 saturated carbocycles. The Morgan fingerprint density at radius 1 is 1.13 bits per heavy atom. The van der Waals surface area contributed by atoms with Crippen LogP contribution in [0.3, 0.4) is 0 Å². The number of carbonyl (C=O) groups is 1. The zero-order chi connectivity index (χ0) is 21.6. The molecule has 30 heavy (non-hydrogen) atoms. The van der Waals surface area contributed by atoms with Crippen LogP contribution in [0.5, 0.6) is 5.75 Å². The molecule has 7 nitrogen and oxygen atoms in total. The van der Waals surface area contributed by atoms with E-state index in [1.54, 1.807) is 49.6 Å². The first-order valence-corrected chi connectivity index (χ1v) is 10.9. The molecule has 0 aliphatic rings. The Balaban J connectivity index is 1.59. The van der Waals surface area contributed by atoms with Crippen LogP contribution in [-0.2, 0) is 21.4 Å². The lowest BCUT2D eigenvalue weighted by atomic mass is 10.2. The minimum Gasteiger partial charge on any atom is -0.484 e. The lowest BCUT2D eigenvalue weighted by Gasteiger charge is -2.12. The summed E-state index contributed by atoms with van der Waals surface area (Å²) in [7, 11) is -3.77. The van der Waals surface area contributed by atoms with E-state index in [2.05, 4.69) is 15.0 Å². The number of halogens is 1. The Morgan fingerprint density at radius 2 is 1.90 bits per heavy atom. The summed E-state index contributed by atoms with van der Waals surface area (Å²) in [5.41, 5.74) is 1.88. The van der Waals surface area contributed by atoms with Gasteiger partial charge in [-0.15, -0.1) is 0 Å². The Hall–Kier alpha value is -3.10. The molecule has 0 unspecified atom stereocenters. The summed E-state index contributed by atoms with van der Waals surface area (Å²) >= 11 is 5.82. The van der Waals surface area contributed by atoms with Gasteiger partial charge < -0.3 is 10.1 Å². The van der Waals surface area contributed by atoms with Crippen LogP contribution in [0.15, 0.2) is 71.9 Å². The predicted octanol–water partition coefficient (Wildman–Crippen LogP) is 3.54. The monoisotopic (exact) mass is 445 g/mol. The van der Waals surface area contributed by atoms with Gasteiger partial charge in [0.2, 0.25) is 0 Å². The summed E-state index contributed by atoms with van der Waals surface area (Å²) < 4.78 is 33.2. The lowest BCUT2D eigenvalue weighted by Crippen LogP contribution is -2.28. The van der Waals surface area contributed by atoms with Gasteiger partial charge in [0.05, 0.1) is 4.90 Å². The summed E-state index contributed by atoms with van der Waals surface area (Å²) in [5.74, 6) is 0.135. The number of aromatic nitrogens is 1. The van der Waals surface area contributed by atoms with Crippen LogP contribution >= 0.6 is 11.6 Å². The van der Waals surface area contributed by atoms with Crippen LogP contribution < -0.4 is 14.8 Å². The molecular formula is C21H20ClN3O4S. The summed E-state index contributed by atoms with van der Waals surface area (Å²) in [4.78, 5) is 16.1. The molecule has 2 aromatic carbocycles. The molecular weight excluding hydrogens is 426 g/mol. The number of pyridine rings is 1. The van der Waals surface area contributed by atoms with Gasteiger partial charge in [-0.2, -0.15) is 0 Å².